The Bertz CT molecular complexity index is 1060. The van der Waals surface area contributed by atoms with Gasteiger partial charge in [-0.2, -0.15) is 0 Å². The Labute approximate surface area is 202 Å². The molecule has 0 radical (unpaired) electrons. The number of fused-ring (bicyclic) bond motifs is 1. The second-order valence-electron chi connectivity index (χ2n) is 10.6. The number of hydrogen-bond donors (Lipinski definition) is 3. The lowest BCUT2D eigenvalue weighted by atomic mass is 9.63. The topological polar surface area (TPSA) is 87.7 Å². The first-order chi connectivity index (χ1) is 16.1. The predicted octanol–water partition coefficient (Wildman–Crippen LogP) is 5.93. The van der Waals surface area contributed by atoms with Crippen molar-refractivity contribution in [1.29, 1.82) is 0 Å². The van der Waals surface area contributed by atoms with Gasteiger partial charge in [-0.15, -0.1) is 0 Å². The molecule has 2 aromatic carbocycles. The molecule has 1 aliphatic heterocycles. The summed E-state index contributed by atoms with van der Waals surface area (Å²) in [5.74, 6) is 0.379. The zero-order valence-corrected chi connectivity index (χ0v) is 20.7. The van der Waals surface area contributed by atoms with Crippen LogP contribution in [0.2, 0.25) is 0 Å². The van der Waals surface area contributed by atoms with E-state index in [2.05, 4.69) is 10.6 Å². The fourth-order valence-electron chi connectivity index (χ4n) is 5.62. The molecule has 4 rings (SSSR count). The Morgan fingerprint density at radius 1 is 1.09 bits per heavy atom. The summed E-state index contributed by atoms with van der Waals surface area (Å²) in [4.78, 5) is 26.0. The van der Waals surface area contributed by atoms with E-state index in [0.717, 1.165) is 53.6 Å². The summed E-state index contributed by atoms with van der Waals surface area (Å²) in [5.41, 5.74) is 3.30. The summed E-state index contributed by atoms with van der Waals surface area (Å²) in [6.07, 6.45) is 6.15. The maximum absolute atomic E-state index is 13.9. The largest absolute Gasteiger partial charge is 0.508 e. The predicted molar refractivity (Wildman–Crippen MR) is 133 cm³/mol. The van der Waals surface area contributed by atoms with Gasteiger partial charge in [0.2, 0.25) is 5.91 Å². The van der Waals surface area contributed by atoms with Gasteiger partial charge in [0.1, 0.15) is 16.8 Å². The molecule has 0 saturated heterocycles. The van der Waals surface area contributed by atoms with Crippen LogP contribution in [-0.4, -0.2) is 22.7 Å². The minimum atomic E-state index is -0.782. The third-order valence-corrected chi connectivity index (χ3v) is 7.21. The molecular formula is C28H36N2O4. The van der Waals surface area contributed by atoms with Crippen molar-refractivity contribution < 1.29 is 19.4 Å². The van der Waals surface area contributed by atoms with Gasteiger partial charge in [-0.1, -0.05) is 49.9 Å². The highest BCUT2D eigenvalue weighted by Crippen LogP contribution is 2.53. The number of carbonyl (C=O) groups is 2. The van der Waals surface area contributed by atoms with Gasteiger partial charge >= 0.3 is 6.09 Å². The molecule has 6 heteroatoms. The lowest BCUT2D eigenvalue weighted by Gasteiger charge is -2.36. The normalized spacial score (nSPS) is 20.9. The summed E-state index contributed by atoms with van der Waals surface area (Å²) in [6.45, 7) is 7.81. The minimum Gasteiger partial charge on any atom is -0.508 e. The molecule has 2 aliphatic rings. The standard InChI is InChI=1S/C28H36N2O4/c1-18-19(17-29-26(33)34-27(2,3)4)11-16-23-24(18)30-25(32)28(23,20-9-7-5-6-8-10-20)21-12-14-22(31)15-13-21/h11-16,20,31H,5-10,17H2,1-4H3,(H,29,33)(H,30,32). The molecule has 1 aliphatic carbocycles. The molecule has 0 spiro atoms. The summed E-state index contributed by atoms with van der Waals surface area (Å²) in [6, 6.07) is 11.2. The van der Waals surface area contributed by atoms with Crippen molar-refractivity contribution in [2.75, 3.05) is 5.32 Å². The monoisotopic (exact) mass is 464 g/mol. The first kappa shape index (κ1) is 24.1. The maximum Gasteiger partial charge on any atom is 0.407 e. The highest BCUT2D eigenvalue weighted by atomic mass is 16.6. The Morgan fingerprint density at radius 2 is 1.74 bits per heavy atom. The second-order valence-corrected chi connectivity index (χ2v) is 10.6. The summed E-state index contributed by atoms with van der Waals surface area (Å²) in [5, 5.41) is 15.9. The number of phenolic OH excluding ortho intramolecular Hbond substituents is 1. The van der Waals surface area contributed by atoms with Crippen LogP contribution in [0.15, 0.2) is 36.4 Å². The number of nitrogens with one attached hydrogen (secondary N) is 2. The molecular weight excluding hydrogens is 428 g/mol. The zero-order valence-electron chi connectivity index (χ0n) is 20.7. The Morgan fingerprint density at radius 3 is 2.35 bits per heavy atom. The third kappa shape index (κ3) is 4.50. The average molecular weight is 465 g/mol. The van der Waals surface area contributed by atoms with Crippen LogP contribution in [0.5, 0.6) is 5.75 Å². The Hall–Kier alpha value is -3.02. The zero-order chi connectivity index (χ0) is 24.5. The molecule has 1 heterocycles. The molecule has 1 saturated carbocycles. The van der Waals surface area contributed by atoms with E-state index in [1.807, 2.05) is 52.0 Å². The lowest BCUT2D eigenvalue weighted by molar-refractivity contribution is -0.121. The van der Waals surface area contributed by atoms with E-state index in [-0.39, 0.29) is 17.6 Å². The van der Waals surface area contributed by atoms with Crippen molar-refractivity contribution in [3.63, 3.8) is 0 Å². The number of rotatable bonds is 4. The first-order valence-corrected chi connectivity index (χ1v) is 12.3. The number of alkyl carbamates (subject to hydrolysis) is 1. The van der Waals surface area contributed by atoms with Crippen LogP contribution < -0.4 is 10.6 Å². The summed E-state index contributed by atoms with van der Waals surface area (Å²) in [7, 11) is 0. The minimum absolute atomic E-state index is 0.000409. The number of hydrogen-bond acceptors (Lipinski definition) is 4. The van der Waals surface area contributed by atoms with Crippen LogP contribution in [0.25, 0.3) is 0 Å². The van der Waals surface area contributed by atoms with E-state index in [1.54, 1.807) is 12.1 Å². The van der Waals surface area contributed by atoms with Crippen molar-refractivity contribution in [3.8, 4) is 5.75 Å². The third-order valence-electron chi connectivity index (χ3n) is 7.21. The number of carbonyl (C=O) groups excluding carboxylic acids is 2. The molecule has 2 amide bonds. The van der Waals surface area contributed by atoms with E-state index in [4.69, 9.17) is 4.74 Å². The number of phenols is 1. The lowest BCUT2D eigenvalue weighted by Crippen LogP contribution is -2.43. The Kier molecular flexibility index (Phi) is 6.61. The van der Waals surface area contributed by atoms with Crippen LogP contribution in [0, 0.1) is 12.8 Å². The van der Waals surface area contributed by atoms with Gasteiger partial charge < -0.3 is 20.5 Å². The van der Waals surface area contributed by atoms with Gasteiger partial charge in [-0.3, -0.25) is 4.79 Å². The van der Waals surface area contributed by atoms with Crippen LogP contribution in [0.3, 0.4) is 0 Å². The van der Waals surface area contributed by atoms with Crippen molar-refractivity contribution in [2.24, 2.45) is 5.92 Å². The summed E-state index contributed by atoms with van der Waals surface area (Å²) >= 11 is 0. The fraction of sp³-hybridized carbons (Fsp3) is 0.500. The van der Waals surface area contributed by atoms with Crippen molar-refractivity contribution >= 4 is 17.7 Å². The van der Waals surface area contributed by atoms with E-state index in [9.17, 15) is 14.7 Å². The van der Waals surface area contributed by atoms with Crippen LogP contribution in [0.4, 0.5) is 10.5 Å². The van der Waals surface area contributed by atoms with Gasteiger partial charge in [0.05, 0.1) is 0 Å². The maximum atomic E-state index is 13.9. The SMILES string of the molecule is Cc1c(CNC(=O)OC(C)(C)C)ccc2c1NC(=O)C2(c1ccc(O)cc1)C1CCCCCC1. The van der Waals surface area contributed by atoms with Crippen LogP contribution in [0.1, 0.15) is 81.5 Å². The van der Waals surface area contributed by atoms with Crippen molar-refractivity contribution in [1.82, 2.24) is 5.32 Å². The molecule has 0 bridgehead atoms. The van der Waals surface area contributed by atoms with E-state index < -0.39 is 17.1 Å². The van der Waals surface area contributed by atoms with Crippen molar-refractivity contribution in [2.45, 2.75) is 83.8 Å². The van der Waals surface area contributed by atoms with Gasteiger partial charge in [0.25, 0.3) is 0 Å². The number of anilines is 1. The fourth-order valence-corrected chi connectivity index (χ4v) is 5.62. The highest BCUT2D eigenvalue weighted by Gasteiger charge is 2.53. The number of amides is 2. The summed E-state index contributed by atoms with van der Waals surface area (Å²) < 4.78 is 5.36. The number of aromatic hydroxyl groups is 1. The smallest absolute Gasteiger partial charge is 0.407 e. The molecule has 3 N–H and O–H groups in total. The van der Waals surface area contributed by atoms with E-state index in [0.29, 0.717) is 6.54 Å². The molecule has 34 heavy (non-hydrogen) atoms. The number of benzene rings is 2. The average Bonchev–Trinajstić information content (AvgIpc) is 2.92. The highest BCUT2D eigenvalue weighted by molar-refractivity contribution is 6.10. The van der Waals surface area contributed by atoms with Crippen LogP contribution >= 0.6 is 0 Å². The van der Waals surface area contributed by atoms with E-state index >= 15 is 0 Å². The molecule has 1 atom stereocenters. The Balaban J connectivity index is 1.73. The molecule has 182 valence electrons. The van der Waals surface area contributed by atoms with Gasteiger partial charge in [0, 0.05) is 12.2 Å². The molecule has 1 fully saturated rings. The van der Waals surface area contributed by atoms with Gasteiger partial charge in [-0.25, -0.2) is 4.79 Å². The van der Waals surface area contributed by atoms with Crippen LogP contribution in [-0.2, 0) is 21.5 Å². The molecule has 1 unspecified atom stereocenters. The second kappa shape index (κ2) is 9.32. The van der Waals surface area contributed by atoms with E-state index in [1.165, 1.54) is 12.8 Å². The first-order valence-electron chi connectivity index (χ1n) is 12.3. The van der Waals surface area contributed by atoms with Gasteiger partial charge in [-0.05, 0) is 80.8 Å². The quantitative estimate of drug-likeness (QED) is 0.489. The molecule has 6 nitrogen and oxygen atoms in total. The van der Waals surface area contributed by atoms with Crippen molar-refractivity contribution in [3.05, 3.63) is 58.7 Å². The molecule has 2 aromatic rings. The molecule has 0 aromatic heterocycles. The van der Waals surface area contributed by atoms with Gasteiger partial charge in [0.15, 0.2) is 0 Å². The number of ether oxygens (including phenoxy) is 1.